The van der Waals surface area contributed by atoms with E-state index in [1.165, 1.54) is 0 Å². The smallest absolute Gasteiger partial charge is 0.261 e. The number of halogens is 2. The number of benzene rings is 3. The summed E-state index contributed by atoms with van der Waals surface area (Å²) in [6, 6.07) is 16.1. The topological polar surface area (TPSA) is 102 Å². The highest BCUT2D eigenvalue weighted by molar-refractivity contribution is 6.39. The SMILES string of the molecule is Cn1c(Nc2c(Cl)cccc2Cl)nc2ccc3nc(-c4cccc(N)c4)[nH]c(=O)c3c21. The summed E-state index contributed by atoms with van der Waals surface area (Å²) in [5, 5.41) is 4.55. The summed E-state index contributed by atoms with van der Waals surface area (Å²) < 4.78 is 1.79. The molecule has 0 saturated heterocycles. The summed E-state index contributed by atoms with van der Waals surface area (Å²) in [7, 11) is 1.81. The van der Waals surface area contributed by atoms with Crippen LogP contribution >= 0.6 is 23.2 Å². The molecule has 2 heterocycles. The molecule has 0 amide bonds. The molecule has 31 heavy (non-hydrogen) atoms. The number of nitrogens with two attached hydrogens (primary N) is 1. The Morgan fingerprint density at radius 2 is 1.71 bits per heavy atom. The van der Waals surface area contributed by atoms with E-state index in [4.69, 9.17) is 28.9 Å². The average molecular weight is 451 g/mol. The minimum absolute atomic E-state index is 0.265. The number of nitrogens with one attached hydrogen (secondary N) is 2. The van der Waals surface area contributed by atoms with Crippen LogP contribution in [0.3, 0.4) is 0 Å². The highest BCUT2D eigenvalue weighted by Gasteiger charge is 2.17. The zero-order valence-corrected chi connectivity index (χ0v) is 17.8. The fraction of sp³-hybridized carbons (Fsp3) is 0.0455. The van der Waals surface area contributed by atoms with Gasteiger partial charge in [-0.1, -0.05) is 41.4 Å². The molecule has 0 bridgehead atoms. The van der Waals surface area contributed by atoms with Gasteiger partial charge in [-0.05, 0) is 36.4 Å². The van der Waals surface area contributed by atoms with Crippen molar-refractivity contribution in [3.05, 3.63) is 75.0 Å². The number of nitrogen functional groups attached to an aromatic ring is 1. The molecule has 2 aromatic heterocycles. The second kappa shape index (κ2) is 7.30. The maximum atomic E-state index is 13.1. The molecule has 0 atom stereocenters. The summed E-state index contributed by atoms with van der Waals surface area (Å²) in [5.74, 6) is 0.948. The lowest BCUT2D eigenvalue weighted by Crippen LogP contribution is -2.11. The van der Waals surface area contributed by atoms with Gasteiger partial charge in [-0.2, -0.15) is 0 Å². The number of anilines is 3. The lowest BCUT2D eigenvalue weighted by Gasteiger charge is -2.10. The Morgan fingerprint density at radius 1 is 1.00 bits per heavy atom. The van der Waals surface area contributed by atoms with Crippen LogP contribution in [0.5, 0.6) is 0 Å². The summed E-state index contributed by atoms with van der Waals surface area (Å²) >= 11 is 12.6. The monoisotopic (exact) mass is 450 g/mol. The second-order valence-electron chi connectivity index (χ2n) is 7.08. The third-order valence-electron chi connectivity index (χ3n) is 5.06. The van der Waals surface area contributed by atoms with E-state index in [0.717, 1.165) is 5.56 Å². The predicted octanol–water partition coefficient (Wildman–Crippen LogP) is 5.11. The van der Waals surface area contributed by atoms with Crippen LogP contribution in [-0.2, 0) is 7.05 Å². The molecular weight excluding hydrogens is 435 g/mol. The number of hydrogen-bond donors (Lipinski definition) is 3. The van der Waals surface area contributed by atoms with Crippen LogP contribution in [0.15, 0.2) is 59.4 Å². The number of rotatable bonds is 3. The summed E-state index contributed by atoms with van der Waals surface area (Å²) in [6.07, 6.45) is 0. The number of H-pyrrole nitrogens is 1. The van der Waals surface area contributed by atoms with Crippen molar-refractivity contribution in [1.82, 2.24) is 19.5 Å². The summed E-state index contributed by atoms with van der Waals surface area (Å²) in [6.45, 7) is 0. The standard InChI is InChI=1S/C22H16Cl2N6O/c1-30-19-16(27-22(30)28-18-13(23)6-3-7-14(18)24)9-8-15-17(19)21(31)29-20(26-15)11-4-2-5-12(25)10-11/h2-10H,25H2,1H3,(H,27,28)(H,26,29,31). The van der Waals surface area contributed by atoms with Gasteiger partial charge in [-0.15, -0.1) is 0 Å². The van der Waals surface area contributed by atoms with Gasteiger partial charge in [0.15, 0.2) is 0 Å². The molecule has 5 rings (SSSR count). The number of nitrogens with zero attached hydrogens (tertiary/aromatic N) is 3. The van der Waals surface area contributed by atoms with E-state index in [1.54, 1.807) is 41.0 Å². The van der Waals surface area contributed by atoms with E-state index in [2.05, 4.69) is 20.3 Å². The van der Waals surface area contributed by atoms with Crippen LogP contribution in [0, 0.1) is 0 Å². The number of aryl methyl sites for hydroxylation is 1. The van der Waals surface area contributed by atoms with Crippen molar-refractivity contribution in [2.24, 2.45) is 7.05 Å². The van der Waals surface area contributed by atoms with Crippen molar-refractivity contribution >= 4 is 62.5 Å². The van der Waals surface area contributed by atoms with Crippen LogP contribution in [-0.4, -0.2) is 19.5 Å². The van der Waals surface area contributed by atoms with Gasteiger partial charge in [0.05, 0.1) is 37.7 Å². The van der Waals surface area contributed by atoms with Crippen LogP contribution < -0.4 is 16.6 Å². The van der Waals surface area contributed by atoms with Gasteiger partial charge in [0, 0.05) is 18.3 Å². The summed E-state index contributed by atoms with van der Waals surface area (Å²) in [4.78, 5) is 25.2. The lowest BCUT2D eigenvalue weighted by atomic mass is 10.1. The lowest BCUT2D eigenvalue weighted by molar-refractivity contribution is 0.960. The van der Waals surface area contributed by atoms with E-state index in [-0.39, 0.29) is 5.56 Å². The quantitative estimate of drug-likeness (QED) is 0.331. The maximum Gasteiger partial charge on any atom is 0.261 e. The molecule has 5 aromatic rings. The number of aromatic nitrogens is 4. The maximum absolute atomic E-state index is 13.1. The van der Waals surface area contributed by atoms with Gasteiger partial charge in [-0.3, -0.25) is 4.79 Å². The highest BCUT2D eigenvalue weighted by atomic mass is 35.5. The van der Waals surface area contributed by atoms with E-state index in [1.807, 2.05) is 25.2 Å². The van der Waals surface area contributed by atoms with Crippen LogP contribution in [0.4, 0.5) is 17.3 Å². The molecule has 3 aromatic carbocycles. The van der Waals surface area contributed by atoms with Gasteiger partial charge in [0.2, 0.25) is 5.95 Å². The minimum Gasteiger partial charge on any atom is -0.399 e. The van der Waals surface area contributed by atoms with Crippen molar-refractivity contribution < 1.29 is 0 Å². The molecule has 0 saturated carbocycles. The average Bonchev–Trinajstić information content (AvgIpc) is 3.06. The normalized spacial score (nSPS) is 11.3. The third kappa shape index (κ3) is 3.28. The van der Waals surface area contributed by atoms with Gasteiger partial charge in [-0.25, -0.2) is 9.97 Å². The molecular formula is C22H16Cl2N6O. The first-order valence-corrected chi connectivity index (χ1v) is 10.1. The molecule has 0 spiro atoms. The number of imidazole rings is 1. The Kier molecular flexibility index (Phi) is 4.57. The number of hydrogen-bond acceptors (Lipinski definition) is 5. The molecule has 0 aliphatic carbocycles. The molecule has 4 N–H and O–H groups in total. The van der Waals surface area contributed by atoms with Gasteiger partial charge < -0.3 is 20.6 Å². The first kappa shape index (κ1) is 19.4. The van der Waals surface area contributed by atoms with E-state index >= 15 is 0 Å². The fourth-order valence-corrected chi connectivity index (χ4v) is 4.09. The Bertz CT molecular complexity index is 1520. The fourth-order valence-electron chi connectivity index (χ4n) is 3.59. The zero-order chi connectivity index (χ0) is 21.7. The molecule has 0 aliphatic rings. The first-order valence-electron chi connectivity index (χ1n) is 9.39. The number of fused-ring (bicyclic) bond motifs is 3. The molecule has 0 aliphatic heterocycles. The van der Waals surface area contributed by atoms with E-state index in [9.17, 15) is 4.79 Å². The largest absolute Gasteiger partial charge is 0.399 e. The van der Waals surface area contributed by atoms with Gasteiger partial charge in [0.25, 0.3) is 5.56 Å². The van der Waals surface area contributed by atoms with Crippen molar-refractivity contribution in [2.45, 2.75) is 0 Å². The Morgan fingerprint density at radius 3 is 2.45 bits per heavy atom. The summed E-state index contributed by atoms with van der Waals surface area (Å²) in [5.41, 5.74) is 9.33. The Hall–Kier alpha value is -3.55. The molecule has 0 unspecified atom stereocenters. The number of para-hydroxylation sites is 1. The Balaban J connectivity index is 1.69. The molecule has 7 nitrogen and oxygen atoms in total. The molecule has 9 heteroatoms. The van der Waals surface area contributed by atoms with Gasteiger partial charge in [0.1, 0.15) is 5.82 Å². The molecule has 0 fully saturated rings. The molecule has 0 radical (unpaired) electrons. The molecule has 154 valence electrons. The van der Waals surface area contributed by atoms with E-state index in [0.29, 0.717) is 55.1 Å². The van der Waals surface area contributed by atoms with Crippen molar-refractivity contribution in [2.75, 3.05) is 11.1 Å². The van der Waals surface area contributed by atoms with Gasteiger partial charge >= 0.3 is 0 Å². The Labute approximate surface area is 186 Å². The third-order valence-corrected chi connectivity index (χ3v) is 5.69. The van der Waals surface area contributed by atoms with Crippen molar-refractivity contribution in [3.63, 3.8) is 0 Å². The zero-order valence-electron chi connectivity index (χ0n) is 16.3. The predicted molar refractivity (Wildman–Crippen MR) is 126 cm³/mol. The first-order chi connectivity index (χ1) is 14.9. The van der Waals surface area contributed by atoms with Crippen LogP contribution in [0.1, 0.15) is 0 Å². The van der Waals surface area contributed by atoms with Crippen molar-refractivity contribution in [3.8, 4) is 11.4 Å². The van der Waals surface area contributed by atoms with E-state index < -0.39 is 0 Å². The van der Waals surface area contributed by atoms with Crippen molar-refractivity contribution in [1.29, 1.82) is 0 Å². The van der Waals surface area contributed by atoms with Crippen LogP contribution in [0.25, 0.3) is 33.3 Å². The van der Waals surface area contributed by atoms with Crippen LogP contribution in [0.2, 0.25) is 10.0 Å². The second-order valence-corrected chi connectivity index (χ2v) is 7.90. The number of aromatic amines is 1. The minimum atomic E-state index is -0.265. The highest BCUT2D eigenvalue weighted by Crippen LogP contribution is 2.34.